The van der Waals surface area contributed by atoms with Crippen LogP contribution in [0.15, 0.2) is 24.5 Å². The van der Waals surface area contributed by atoms with Crippen molar-refractivity contribution in [3.8, 4) is 0 Å². The third kappa shape index (κ3) is 2.55. The van der Waals surface area contributed by atoms with E-state index in [4.69, 9.17) is 0 Å². The molecule has 2 rings (SSSR count). The lowest BCUT2D eigenvalue weighted by Gasteiger charge is -2.39. The number of nitrogens with zero attached hydrogens (tertiary/aromatic N) is 2. The number of hydrogen-bond acceptors (Lipinski definition) is 2. The third-order valence-corrected chi connectivity index (χ3v) is 3.75. The fourth-order valence-electron chi connectivity index (χ4n) is 2.56. The molecule has 0 unspecified atom stereocenters. The van der Waals surface area contributed by atoms with Gasteiger partial charge in [-0.15, -0.1) is 0 Å². The maximum Gasteiger partial charge on any atom is 0.0397 e. The van der Waals surface area contributed by atoms with Gasteiger partial charge in [0, 0.05) is 31.2 Å². The van der Waals surface area contributed by atoms with Crippen molar-refractivity contribution in [3.05, 3.63) is 24.5 Å². The van der Waals surface area contributed by atoms with Crippen LogP contribution in [0.1, 0.15) is 33.6 Å². The van der Waals surface area contributed by atoms with E-state index >= 15 is 0 Å². The number of anilines is 1. The maximum atomic E-state index is 4.07. The summed E-state index contributed by atoms with van der Waals surface area (Å²) in [7, 11) is 0. The van der Waals surface area contributed by atoms with Crippen LogP contribution >= 0.6 is 0 Å². The smallest absolute Gasteiger partial charge is 0.0397 e. The maximum absolute atomic E-state index is 4.07. The van der Waals surface area contributed by atoms with E-state index in [9.17, 15) is 0 Å². The Labute approximate surface area is 98.7 Å². The average Bonchev–Trinajstić information content (AvgIpc) is 2.29. The number of pyridine rings is 1. The molecule has 1 aromatic rings. The van der Waals surface area contributed by atoms with E-state index in [1.165, 1.54) is 31.6 Å². The minimum absolute atomic E-state index is 0.463. The fourth-order valence-corrected chi connectivity index (χ4v) is 2.56. The first kappa shape index (κ1) is 11.4. The molecule has 2 heteroatoms. The summed E-state index contributed by atoms with van der Waals surface area (Å²) in [6, 6.07) is 4.22. The molecule has 2 nitrogen and oxygen atoms in total. The first-order valence-corrected chi connectivity index (χ1v) is 6.22. The van der Waals surface area contributed by atoms with Crippen LogP contribution in [0.2, 0.25) is 0 Å². The molecule has 0 aliphatic carbocycles. The third-order valence-electron chi connectivity index (χ3n) is 3.75. The molecule has 0 bridgehead atoms. The van der Waals surface area contributed by atoms with Gasteiger partial charge < -0.3 is 4.90 Å². The quantitative estimate of drug-likeness (QED) is 0.718. The Hall–Kier alpha value is -1.05. The van der Waals surface area contributed by atoms with Crippen LogP contribution in [-0.4, -0.2) is 18.1 Å². The van der Waals surface area contributed by atoms with Crippen LogP contribution in [0.3, 0.4) is 0 Å². The monoisotopic (exact) mass is 218 g/mol. The Balaban J connectivity index is 1.96. The lowest BCUT2D eigenvalue weighted by molar-refractivity contribution is 0.199. The van der Waals surface area contributed by atoms with Crippen molar-refractivity contribution in [2.24, 2.45) is 11.3 Å². The van der Waals surface area contributed by atoms with Gasteiger partial charge in [0.2, 0.25) is 0 Å². The summed E-state index contributed by atoms with van der Waals surface area (Å²) in [6.07, 6.45) is 6.38. The lowest BCUT2D eigenvalue weighted by Crippen LogP contribution is -2.37. The van der Waals surface area contributed by atoms with E-state index in [0.717, 1.165) is 5.92 Å². The molecule has 1 aliphatic rings. The van der Waals surface area contributed by atoms with Crippen molar-refractivity contribution in [1.29, 1.82) is 0 Å². The van der Waals surface area contributed by atoms with E-state index in [2.05, 4.69) is 42.8 Å². The molecule has 0 saturated carbocycles. The van der Waals surface area contributed by atoms with E-state index in [1.807, 2.05) is 12.4 Å². The molecule has 16 heavy (non-hydrogen) atoms. The number of aromatic nitrogens is 1. The largest absolute Gasteiger partial charge is 0.371 e. The van der Waals surface area contributed by atoms with Gasteiger partial charge in [-0.05, 0) is 36.3 Å². The number of rotatable bonds is 1. The molecule has 1 aromatic heterocycles. The lowest BCUT2D eigenvalue weighted by atomic mass is 9.75. The fraction of sp³-hybridized carbons (Fsp3) is 0.643. The molecule has 0 atom stereocenters. The summed E-state index contributed by atoms with van der Waals surface area (Å²) in [5.41, 5.74) is 1.78. The van der Waals surface area contributed by atoms with Gasteiger partial charge in [-0.25, -0.2) is 0 Å². The van der Waals surface area contributed by atoms with Gasteiger partial charge in [-0.3, -0.25) is 4.98 Å². The Kier molecular flexibility index (Phi) is 3.17. The van der Waals surface area contributed by atoms with Crippen LogP contribution in [0.4, 0.5) is 5.69 Å². The van der Waals surface area contributed by atoms with Crippen molar-refractivity contribution < 1.29 is 0 Å². The minimum Gasteiger partial charge on any atom is -0.371 e. The summed E-state index contributed by atoms with van der Waals surface area (Å²) in [5, 5.41) is 0. The van der Waals surface area contributed by atoms with E-state index < -0.39 is 0 Å². The van der Waals surface area contributed by atoms with Gasteiger partial charge >= 0.3 is 0 Å². The van der Waals surface area contributed by atoms with Crippen LogP contribution < -0.4 is 4.90 Å². The second-order valence-electron chi connectivity index (χ2n) is 5.83. The highest BCUT2D eigenvalue weighted by Crippen LogP contribution is 2.35. The van der Waals surface area contributed by atoms with Crippen LogP contribution in [0.5, 0.6) is 0 Å². The summed E-state index contributed by atoms with van der Waals surface area (Å²) in [5.74, 6) is 0.866. The predicted octanol–water partition coefficient (Wildman–Crippen LogP) is 3.34. The summed E-state index contributed by atoms with van der Waals surface area (Å²) in [6.45, 7) is 9.46. The van der Waals surface area contributed by atoms with Gasteiger partial charge in [-0.1, -0.05) is 20.8 Å². The van der Waals surface area contributed by atoms with Gasteiger partial charge in [0.15, 0.2) is 0 Å². The molecular formula is C14H22N2. The molecular weight excluding hydrogens is 196 g/mol. The van der Waals surface area contributed by atoms with Crippen molar-refractivity contribution in [3.63, 3.8) is 0 Å². The minimum atomic E-state index is 0.463. The van der Waals surface area contributed by atoms with Gasteiger partial charge in [0.05, 0.1) is 0 Å². The van der Waals surface area contributed by atoms with Crippen molar-refractivity contribution in [2.75, 3.05) is 18.0 Å². The molecule has 1 aliphatic heterocycles. The zero-order valence-electron chi connectivity index (χ0n) is 10.6. The molecule has 88 valence electrons. The molecule has 0 radical (unpaired) electrons. The SMILES string of the molecule is CC(C)(C)C1CCN(c2ccncc2)CC1. The van der Waals surface area contributed by atoms with E-state index in [0.29, 0.717) is 5.41 Å². The van der Waals surface area contributed by atoms with Crippen LogP contribution in [-0.2, 0) is 0 Å². The molecule has 1 fully saturated rings. The second-order valence-corrected chi connectivity index (χ2v) is 5.83. The number of hydrogen-bond donors (Lipinski definition) is 0. The Morgan fingerprint density at radius 1 is 1.12 bits per heavy atom. The Bertz CT molecular complexity index is 318. The van der Waals surface area contributed by atoms with Crippen molar-refractivity contribution >= 4 is 5.69 Å². The normalized spacial score (nSPS) is 18.8. The van der Waals surface area contributed by atoms with Gasteiger partial charge in [0.1, 0.15) is 0 Å². The Morgan fingerprint density at radius 3 is 2.19 bits per heavy atom. The highest BCUT2D eigenvalue weighted by Gasteiger charge is 2.28. The first-order chi connectivity index (χ1) is 7.57. The summed E-state index contributed by atoms with van der Waals surface area (Å²) in [4.78, 5) is 6.54. The topological polar surface area (TPSA) is 16.1 Å². The summed E-state index contributed by atoms with van der Waals surface area (Å²) < 4.78 is 0. The zero-order chi connectivity index (χ0) is 11.6. The summed E-state index contributed by atoms with van der Waals surface area (Å²) >= 11 is 0. The average molecular weight is 218 g/mol. The van der Waals surface area contributed by atoms with Gasteiger partial charge in [0.25, 0.3) is 0 Å². The van der Waals surface area contributed by atoms with Crippen molar-refractivity contribution in [1.82, 2.24) is 4.98 Å². The van der Waals surface area contributed by atoms with Gasteiger partial charge in [-0.2, -0.15) is 0 Å². The van der Waals surface area contributed by atoms with Crippen molar-refractivity contribution in [2.45, 2.75) is 33.6 Å². The standard InChI is InChI=1S/C14H22N2/c1-14(2,3)12-6-10-16(11-7-12)13-4-8-15-9-5-13/h4-5,8-9,12H,6-7,10-11H2,1-3H3. The molecule has 0 N–H and O–H groups in total. The Morgan fingerprint density at radius 2 is 1.69 bits per heavy atom. The van der Waals surface area contributed by atoms with Crippen LogP contribution in [0, 0.1) is 11.3 Å². The molecule has 0 aromatic carbocycles. The predicted molar refractivity (Wildman–Crippen MR) is 68.6 cm³/mol. The molecule has 0 amide bonds. The molecule has 0 spiro atoms. The van der Waals surface area contributed by atoms with Crippen LogP contribution in [0.25, 0.3) is 0 Å². The highest BCUT2D eigenvalue weighted by molar-refractivity contribution is 5.44. The van der Waals surface area contributed by atoms with E-state index in [1.54, 1.807) is 0 Å². The van der Waals surface area contributed by atoms with E-state index in [-0.39, 0.29) is 0 Å². The number of piperidine rings is 1. The zero-order valence-corrected chi connectivity index (χ0v) is 10.6. The highest BCUT2D eigenvalue weighted by atomic mass is 15.1. The first-order valence-electron chi connectivity index (χ1n) is 6.22. The molecule has 1 saturated heterocycles. The molecule has 2 heterocycles. The second kappa shape index (κ2) is 4.44.